The van der Waals surface area contributed by atoms with Crippen LogP contribution in [0, 0.1) is 11.8 Å². The number of nitrogens with zero attached hydrogens (tertiary/aromatic N) is 1. The second-order valence-corrected chi connectivity index (χ2v) is 13.6. The first-order valence-corrected chi connectivity index (χ1v) is 16.6. The molecule has 43 heavy (non-hydrogen) atoms. The van der Waals surface area contributed by atoms with Gasteiger partial charge in [-0.05, 0) is 68.7 Å². The van der Waals surface area contributed by atoms with Gasteiger partial charge in [0.2, 0.25) is 11.8 Å². The minimum atomic E-state index is -4.33. The third-order valence-corrected chi connectivity index (χ3v) is 9.01. The van der Waals surface area contributed by atoms with Crippen molar-refractivity contribution in [1.82, 2.24) is 20.3 Å². The van der Waals surface area contributed by atoms with Crippen LogP contribution in [0.5, 0.6) is 0 Å². The van der Waals surface area contributed by atoms with Crippen molar-refractivity contribution >= 4 is 51.3 Å². The van der Waals surface area contributed by atoms with Gasteiger partial charge in [-0.15, -0.1) is 0 Å². The van der Waals surface area contributed by atoms with Crippen LogP contribution in [0.2, 0.25) is 5.02 Å². The van der Waals surface area contributed by atoms with Crippen molar-refractivity contribution in [3.05, 3.63) is 41.4 Å². The maximum atomic E-state index is 13.7. The van der Waals surface area contributed by atoms with E-state index in [1.54, 1.807) is 0 Å². The van der Waals surface area contributed by atoms with Crippen molar-refractivity contribution in [1.29, 1.82) is 0 Å². The van der Waals surface area contributed by atoms with E-state index in [0.29, 0.717) is 43.7 Å². The Hall–Kier alpha value is -3.32. The summed E-state index contributed by atoms with van der Waals surface area (Å²) < 4.78 is 35.2. The number of ether oxygens (including phenoxy) is 1. The number of hydrogen-bond acceptors (Lipinski definition) is 7. The number of nitrogens with one attached hydrogen (secondary N) is 4. The highest BCUT2D eigenvalue weighted by molar-refractivity contribution is 7.91. The summed E-state index contributed by atoms with van der Waals surface area (Å²) in [6.45, 7) is 4.35. The molecule has 4 N–H and O–H groups in total. The fourth-order valence-electron chi connectivity index (χ4n) is 5.43. The number of amides is 4. The van der Waals surface area contributed by atoms with E-state index in [4.69, 9.17) is 16.3 Å². The molecule has 1 saturated carbocycles. The van der Waals surface area contributed by atoms with Crippen LogP contribution in [-0.2, 0) is 29.3 Å². The second-order valence-electron chi connectivity index (χ2n) is 11.8. The summed E-state index contributed by atoms with van der Waals surface area (Å²) in [7, 11) is -4.33. The van der Waals surface area contributed by atoms with Crippen LogP contribution >= 0.6 is 11.6 Å². The van der Waals surface area contributed by atoms with Crippen LogP contribution in [0.15, 0.2) is 36.4 Å². The van der Waals surface area contributed by atoms with Gasteiger partial charge in [0.1, 0.15) is 17.6 Å². The summed E-state index contributed by atoms with van der Waals surface area (Å²) in [5.41, 5.74) is -1.28. The molecule has 0 bridgehead atoms. The molecular weight excluding hydrogens is 598 g/mol. The molecule has 1 aliphatic carbocycles. The van der Waals surface area contributed by atoms with Gasteiger partial charge in [0, 0.05) is 17.5 Å². The van der Waals surface area contributed by atoms with Crippen LogP contribution < -0.4 is 20.1 Å². The highest BCUT2D eigenvalue weighted by Gasteiger charge is 2.61. The number of fused-ring (bicyclic) bond motifs is 2. The van der Waals surface area contributed by atoms with Gasteiger partial charge in [-0.2, -0.15) is 8.42 Å². The Kier molecular flexibility index (Phi) is 10.6. The van der Waals surface area contributed by atoms with E-state index in [1.807, 2.05) is 26.0 Å². The number of hydrogen-bond donors (Lipinski definition) is 4. The smallest absolute Gasteiger partial charge is 0.407 e. The summed E-state index contributed by atoms with van der Waals surface area (Å²) in [4.78, 5) is 54.6. The summed E-state index contributed by atoms with van der Waals surface area (Å²) in [5.74, 6) is -2.08. The van der Waals surface area contributed by atoms with Crippen LogP contribution in [0.25, 0.3) is 0 Å². The molecule has 236 valence electrons. The van der Waals surface area contributed by atoms with Crippen molar-refractivity contribution in [2.24, 2.45) is 11.8 Å². The molecule has 4 amide bonds. The summed E-state index contributed by atoms with van der Waals surface area (Å²) in [5, 5.41) is 5.91. The molecule has 2 heterocycles. The van der Waals surface area contributed by atoms with Gasteiger partial charge in [-0.25, -0.2) is 9.52 Å². The largest absolute Gasteiger partial charge is 0.449 e. The zero-order valence-electron chi connectivity index (χ0n) is 24.4. The lowest BCUT2D eigenvalue weighted by Gasteiger charge is -2.30. The van der Waals surface area contributed by atoms with E-state index >= 15 is 0 Å². The van der Waals surface area contributed by atoms with Crippen LogP contribution in [0.4, 0.5) is 10.5 Å². The molecule has 0 aromatic heterocycles. The Labute approximate surface area is 257 Å². The molecule has 1 aromatic carbocycles. The highest BCUT2D eigenvalue weighted by atomic mass is 35.5. The Bertz CT molecular complexity index is 1340. The third-order valence-electron chi connectivity index (χ3n) is 7.80. The van der Waals surface area contributed by atoms with Crippen molar-refractivity contribution in [2.45, 2.75) is 82.8 Å². The van der Waals surface area contributed by atoms with Gasteiger partial charge in [-0.3, -0.25) is 19.1 Å². The number of halogens is 1. The van der Waals surface area contributed by atoms with Crippen molar-refractivity contribution in [2.75, 3.05) is 17.9 Å². The Morgan fingerprint density at radius 1 is 1.12 bits per heavy atom. The molecule has 2 fully saturated rings. The molecule has 4 rings (SSSR count). The van der Waals surface area contributed by atoms with Crippen molar-refractivity contribution < 1.29 is 32.3 Å². The van der Waals surface area contributed by atoms with E-state index in [0.717, 1.165) is 12.8 Å². The fraction of sp³-hybridized carbons (Fsp3) is 0.586. The van der Waals surface area contributed by atoms with Crippen LogP contribution in [-0.4, -0.2) is 67.9 Å². The zero-order chi connectivity index (χ0) is 31.2. The molecule has 2 aliphatic heterocycles. The predicted octanol–water partition coefficient (Wildman–Crippen LogP) is 3.25. The average Bonchev–Trinajstić information content (AvgIpc) is 3.40. The minimum Gasteiger partial charge on any atom is -0.449 e. The zero-order valence-corrected chi connectivity index (χ0v) is 26.0. The van der Waals surface area contributed by atoms with E-state index in [9.17, 15) is 27.6 Å². The number of alkyl carbamates (subject to hydrolysis) is 1. The molecular formula is C29H40ClN5O7S. The highest BCUT2D eigenvalue weighted by Crippen LogP contribution is 2.45. The summed E-state index contributed by atoms with van der Waals surface area (Å²) >= 11 is 5.87. The SMILES string of the molecule is CC(C)COC(=O)N[C@H]1CCCCC/C=C\[C@@H]2C[C@@]2(C(=O)NS(=O)(=O)Nc2ccc(Cl)cc2)NC(=O)[C@@H]2CCCN2C1=O. The molecule has 14 heteroatoms. The molecule has 0 unspecified atom stereocenters. The van der Waals surface area contributed by atoms with Crippen LogP contribution in [0.1, 0.15) is 65.2 Å². The maximum absolute atomic E-state index is 13.7. The quantitative estimate of drug-likeness (QED) is 0.334. The van der Waals surface area contributed by atoms with E-state index in [2.05, 4.69) is 20.1 Å². The number of benzene rings is 1. The lowest BCUT2D eigenvalue weighted by atomic mass is 10.1. The molecule has 1 saturated heterocycles. The minimum absolute atomic E-state index is 0.132. The van der Waals surface area contributed by atoms with Crippen molar-refractivity contribution in [3.63, 3.8) is 0 Å². The number of allylic oxidation sites excluding steroid dienone is 1. The van der Waals surface area contributed by atoms with Gasteiger partial charge in [-0.1, -0.05) is 50.4 Å². The molecule has 4 atom stereocenters. The Morgan fingerprint density at radius 2 is 1.86 bits per heavy atom. The number of carbonyl (C=O) groups excluding carboxylic acids is 4. The van der Waals surface area contributed by atoms with E-state index < -0.39 is 51.7 Å². The molecule has 3 aliphatic rings. The molecule has 0 spiro atoms. The van der Waals surface area contributed by atoms with E-state index in [-0.39, 0.29) is 30.5 Å². The van der Waals surface area contributed by atoms with Gasteiger partial charge in [0.05, 0.1) is 12.3 Å². The van der Waals surface area contributed by atoms with Gasteiger partial charge >= 0.3 is 16.3 Å². The molecule has 1 aromatic rings. The van der Waals surface area contributed by atoms with Gasteiger partial charge < -0.3 is 20.3 Å². The topological polar surface area (TPSA) is 163 Å². The van der Waals surface area contributed by atoms with Gasteiger partial charge in [0.25, 0.3) is 5.91 Å². The molecule has 0 radical (unpaired) electrons. The first-order valence-electron chi connectivity index (χ1n) is 14.7. The predicted molar refractivity (Wildman–Crippen MR) is 161 cm³/mol. The normalized spacial score (nSPS) is 27.1. The number of anilines is 1. The number of carbonyl (C=O) groups is 4. The lowest BCUT2D eigenvalue weighted by molar-refractivity contribution is -0.141. The number of rotatable bonds is 7. The van der Waals surface area contributed by atoms with Gasteiger partial charge in [0.15, 0.2) is 0 Å². The average molecular weight is 638 g/mol. The second kappa shape index (κ2) is 14.0. The van der Waals surface area contributed by atoms with Crippen LogP contribution in [0.3, 0.4) is 0 Å². The lowest BCUT2D eigenvalue weighted by Crippen LogP contribution is -2.58. The first-order chi connectivity index (χ1) is 20.4. The molecule has 12 nitrogen and oxygen atoms in total. The third kappa shape index (κ3) is 8.62. The Morgan fingerprint density at radius 3 is 2.58 bits per heavy atom. The fourth-order valence-corrected chi connectivity index (χ4v) is 6.48. The van der Waals surface area contributed by atoms with E-state index in [1.165, 1.54) is 29.2 Å². The summed E-state index contributed by atoms with van der Waals surface area (Å²) in [6.07, 6.45) is 7.65. The maximum Gasteiger partial charge on any atom is 0.407 e. The standard InChI is InChI=1S/C29H40ClN5O7S/c1-19(2)18-42-28(39)31-23-10-7-5-3-4-6-9-20-17-29(20,32-25(36)24-11-8-16-35(24)26(23)37)27(38)34-43(40,41)33-22-14-12-21(30)13-15-22/h6,9,12-15,19-20,23-24,33H,3-5,7-8,10-11,16-18H2,1-2H3,(H,31,39)(H,32,36)(H,34,38)/b9-6-/t20-,23+,24+,29-/m1/s1. The van der Waals surface area contributed by atoms with Crippen molar-refractivity contribution in [3.8, 4) is 0 Å². The Balaban J connectivity index is 1.51. The first kappa shape index (κ1) is 32.6. The summed E-state index contributed by atoms with van der Waals surface area (Å²) in [6, 6.07) is 4.19. The monoisotopic (exact) mass is 637 g/mol.